The molecule has 2 unspecified atom stereocenters. The van der Waals surface area contributed by atoms with Crippen LogP contribution in [0, 0.1) is 0 Å². The smallest absolute Gasteiger partial charge is 0.305 e. The Bertz CT molecular complexity index is 1320. The summed E-state index contributed by atoms with van der Waals surface area (Å²) in [6, 6.07) is -0.623. The second kappa shape index (κ2) is 77.1. The van der Waals surface area contributed by atoms with E-state index in [1.54, 1.807) is 6.08 Å². The molecular formula is C81H159NO5. The number of esters is 1. The molecule has 0 bridgehead atoms. The summed E-state index contributed by atoms with van der Waals surface area (Å²) in [4.78, 5) is 24.6. The summed E-state index contributed by atoms with van der Waals surface area (Å²) in [5.41, 5.74) is 0. The van der Waals surface area contributed by atoms with Gasteiger partial charge in [0.15, 0.2) is 0 Å². The van der Waals surface area contributed by atoms with Crippen molar-refractivity contribution in [2.45, 2.75) is 482 Å². The van der Waals surface area contributed by atoms with Crippen LogP contribution in [0.4, 0.5) is 0 Å². The van der Waals surface area contributed by atoms with Crippen molar-refractivity contribution in [1.29, 1.82) is 0 Å². The van der Waals surface area contributed by atoms with Gasteiger partial charge in [-0.2, -0.15) is 0 Å². The van der Waals surface area contributed by atoms with Crippen LogP contribution in [0.5, 0.6) is 0 Å². The molecule has 0 rings (SSSR count). The average Bonchev–Trinajstić information content (AvgIpc) is 3.57. The maximum Gasteiger partial charge on any atom is 0.305 e. The first-order chi connectivity index (χ1) is 43.0. The van der Waals surface area contributed by atoms with Gasteiger partial charge in [-0.15, -0.1) is 0 Å². The quantitative estimate of drug-likeness (QED) is 0.0320. The summed E-state index contributed by atoms with van der Waals surface area (Å²) in [5.74, 6) is -0.0308. The number of unbranched alkanes of at least 4 members (excludes halogenated alkanes) is 66. The van der Waals surface area contributed by atoms with Crippen LogP contribution in [0.2, 0.25) is 0 Å². The van der Waals surface area contributed by atoms with Gasteiger partial charge in [0.25, 0.3) is 0 Å². The van der Waals surface area contributed by atoms with Crippen molar-refractivity contribution in [1.82, 2.24) is 5.32 Å². The molecule has 0 radical (unpaired) electrons. The average molecular weight is 1230 g/mol. The third-order valence-corrected chi connectivity index (χ3v) is 19.3. The number of rotatable bonds is 77. The fourth-order valence-corrected chi connectivity index (χ4v) is 13.2. The Kier molecular flexibility index (Phi) is 75.8. The van der Waals surface area contributed by atoms with Crippen LogP contribution >= 0.6 is 0 Å². The Balaban J connectivity index is 3.30. The lowest BCUT2D eigenvalue weighted by Crippen LogP contribution is -2.45. The zero-order valence-electron chi connectivity index (χ0n) is 59.5. The SMILES string of the molecule is CCCCCCCCCCCCCCCCCC/C=C/C(O)C(CO)NC(=O)CCCCCCCCCCCCCCCCCCCCCCCCCCCCCCCCCCCCCCCCCOC(=O)CCCCCCCCCCCCCCC. The Morgan fingerprint density at radius 3 is 0.782 bits per heavy atom. The number of carbonyl (C=O) groups excluding carboxylic acids is 2. The van der Waals surface area contributed by atoms with E-state index < -0.39 is 12.1 Å². The van der Waals surface area contributed by atoms with E-state index in [9.17, 15) is 19.8 Å². The van der Waals surface area contributed by atoms with E-state index in [-0.39, 0.29) is 18.5 Å². The molecule has 6 nitrogen and oxygen atoms in total. The minimum absolute atomic E-state index is 0.0265. The molecule has 0 heterocycles. The molecular weight excluding hydrogens is 1070 g/mol. The van der Waals surface area contributed by atoms with Gasteiger partial charge in [-0.25, -0.2) is 0 Å². The molecule has 0 saturated heterocycles. The minimum atomic E-state index is -0.840. The summed E-state index contributed by atoms with van der Waals surface area (Å²) >= 11 is 0. The number of hydrogen-bond donors (Lipinski definition) is 3. The van der Waals surface area contributed by atoms with E-state index in [0.717, 1.165) is 38.5 Å². The van der Waals surface area contributed by atoms with Gasteiger partial charge < -0.3 is 20.3 Å². The van der Waals surface area contributed by atoms with E-state index in [0.29, 0.717) is 19.4 Å². The molecule has 518 valence electrons. The normalized spacial score (nSPS) is 12.5. The number of ether oxygens (including phenoxy) is 1. The van der Waals surface area contributed by atoms with Crippen molar-refractivity contribution in [3.8, 4) is 0 Å². The van der Waals surface area contributed by atoms with Gasteiger partial charge in [0.05, 0.1) is 25.4 Å². The molecule has 0 aliphatic rings. The number of carbonyl (C=O) groups is 2. The maximum absolute atomic E-state index is 12.5. The fourth-order valence-electron chi connectivity index (χ4n) is 13.2. The predicted molar refractivity (Wildman–Crippen MR) is 384 cm³/mol. The standard InChI is InChI=1S/C81H159NO5/c1-3-5-7-9-11-13-15-17-18-19-43-46-50-53-57-61-65-69-73-79(84)78(77-83)82-80(85)74-70-66-62-58-54-51-47-44-41-39-37-35-33-31-29-27-25-23-21-20-22-24-26-28-30-32-34-36-38-40-42-45-48-52-56-60-64-68-72-76-87-81(86)75-71-67-63-59-55-49-16-14-12-10-8-6-4-2/h69,73,78-79,83-84H,3-68,70-72,74-77H2,1-2H3,(H,82,85)/b73-69+. The summed E-state index contributed by atoms with van der Waals surface area (Å²) < 4.78 is 5.50. The molecule has 2 atom stereocenters. The zero-order chi connectivity index (χ0) is 62.8. The number of aliphatic hydroxyl groups is 2. The summed E-state index contributed by atoms with van der Waals surface area (Å²) in [6.07, 6.45) is 97.9. The molecule has 0 aliphatic heterocycles. The predicted octanol–water partition coefficient (Wildman–Crippen LogP) is 26.7. The first kappa shape index (κ1) is 85.6. The lowest BCUT2D eigenvalue weighted by molar-refractivity contribution is -0.143. The molecule has 0 aromatic rings. The third-order valence-electron chi connectivity index (χ3n) is 19.3. The van der Waals surface area contributed by atoms with E-state index in [1.807, 2.05) is 6.08 Å². The summed E-state index contributed by atoms with van der Waals surface area (Å²) in [7, 11) is 0. The summed E-state index contributed by atoms with van der Waals surface area (Å²) in [6.45, 7) is 4.96. The molecule has 0 aromatic carbocycles. The third kappa shape index (κ3) is 73.5. The molecule has 3 N–H and O–H groups in total. The van der Waals surface area contributed by atoms with Crippen molar-refractivity contribution < 1.29 is 24.5 Å². The number of aliphatic hydroxyl groups excluding tert-OH is 2. The molecule has 1 amide bonds. The van der Waals surface area contributed by atoms with Crippen LogP contribution in [-0.2, 0) is 14.3 Å². The molecule has 0 spiro atoms. The van der Waals surface area contributed by atoms with Crippen molar-refractivity contribution in [3.05, 3.63) is 12.2 Å². The van der Waals surface area contributed by atoms with Crippen molar-refractivity contribution >= 4 is 11.9 Å². The number of hydrogen-bond acceptors (Lipinski definition) is 5. The van der Waals surface area contributed by atoms with Crippen molar-refractivity contribution in [2.24, 2.45) is 0 Å². The highest BCUT2D eigenvalue weighted by Crippen LogP contribution is 2.20. The number of allylic oxidation sites excluding steroid dienone is 1. The maximum atomic E-state index is 12.5. The zero-order valence-corrected chi connectivity index (χ0v) is 59.5. The Morgan fingerprint density at radius 1 is 0.310 bits per heavy atom. The van der Waals surface area contributed by atoms with Gasteiger partial charge in [-0.3, -0.25) is 9.59 Å². The van der Waals surface area contributed by atoms with Crippen LogP contribution in [0.15, 0.2) is 12.2 Å². The first-order valence-corrected chi connectivity index (χ1v) is 40.5. The molecule has 87 heavy (non-hydrogen) atoms. The largest absolute Gasteiger partial charge is 0.466 e. The lowest BCUT2D eigenvalue weighted by atomic mass is 10.0. The monoisotopic (exact) mass is 1230 g/mol. The van der Waals surface area contributed by atoms with Gasteiger partial charge in [-0.1, -0.05) is 437 Å². The summed E-state index contributed by atoms with van der Waals surface area (Å²) in [5, 5.41) is 23.3. The Hall–Kier alpha value is -1.40. The highest BCUT2D eigenvalue weighted by molar-refractivity contribution is 5.76. The van der Waals surface area contributed by atoms with E-state index >= 15 is 0 Å². The van der Waals surface area contributed by atoms with E-state index in [4.69, 9.17) is 4.74 Å². The van der Waals surface area contributed by atoms with Crippen LogP contribution < -0.4 is 5.32 Å². The fraction of sp³-hybridized carbons (Fsp3) is 0.951. The van der Waals surface area contributed by atoms with E-state index in [1.165, 1.54) is 405 Å². The minimum Gasteiger partial charge on any atom is -0.466 e. The van der Waals surface area contributed by atoms with Gasteiger partial charge in [0, 0.05) is 12.8 Å². The molecule has 0 aromatic heterocycles. The highest BCUT2D eigenvalue weighted by atomic mass is 16.5. The van der Waals surface area contributed by atoms with E-state index in [2.05, 4.69) is 19.2 Å². The van der Waals surface area contributed by atoms with Crippen LogP contribution in [0.3, 0.4) is 0 Å². The van der Waals surface area contributed by atoms with Crippen LogP contribution in [-0.4, -0.2) is 47.4 Å². The van der Waals surface area contributed by atoms with Crippen molar-refractivity contribution in [2.75, 3.05) is 13.2 Å². The molecule has 6 heteroatoms. The van der Waals surface area contributed by atoms with Gasteiger partial charge in [0.2, 0.25) is 5.91 Å². The van der Waals surface area contributed by atoms with Crippen LogP contribution in [0.1, 0.15) is 470 Å². The Labute approximate surface area is 546 Å². The molecule has 0 aliphatic carbocycles. The van der Waals surface area contributed by atoms with Gasteiger partial charge in [0.1, 0.15) is 0 Å². The van der Waals surface area contributed by atoms with Crippen LogP contribution in [0.25, 0.3) is 0 Å². The Morgan fingerprint density at radius 2 is 0.529 bits per heavy atom. The molecule has 0 fully saturated rings. The number of nitrogens with one attached hydrogen (secondary N) is 1. The number of amides is 1. The second-order valence-electron chi connectivity index (χ2n) is 28.1. The highest BCUT2D eigenvalue weighted by Gasteiger charge is 2.18. The molecule has 0 saturated carbocycles. The first-order valence-electron chi connectivity index (χ1n) is 40.5. The lowest BCUT2D eigenvalue weighted by Gasteiger charge is -2.20. The van der Waals surface area contributed by atoms with Gasteiger partial charge in [-0.05, 0) is 32.1 Å². The van der Waals surface area contributed by atoms with Gasteiger partial charge >= 0.3 is 5.97 Å². The topological polar surface area (TPSA) is 95.9 Å². The second-order valence-corrected chi connectivity index (χ2v) is 28.1. The van der Waals surface area contributed by atoms with Crippen molar-refractivity contribution in [3.63, 3.8) is 0 Å².